The SMILES string of the molecule is CCC1C(=O)NCCN1C(=O)CC1CCC(CN)CC1. The van der Waals surface area contributed by atoms with Crippen molar-refractivity contribution in [2.75, 3.05) is 19.6 Å². The second-order valence-electron chi connectivity index (χ2n) is 6.13. The van der Waals surface area contributed by atoms with Crippen LogP contribution in [0.25, 0.3) is 0 Å². The summed E-state index contributed by atoms with van der Waals surface area (Å²) in [5.41, 5.74) is 5.70. The van der Waals surface area contributed by atoms with Gasteiger partial charge in [0, 0.05) is 19.5 Å². The molecule has 0 spiro atoms. The van der Waals surface area contributed by atoms with Crippen molar-refractivity contribution in [1.82, 2.24) is 10.2 Å². The Morgan fingerprint density at radius 1 is 1.30 bits per heavy atom. The molecular weight excluding hydrogens is 254 g/mol. The molecule has 5 heteroatoms. The van der Waals surface area contributed by atoms with Gasteiger partial charge in [-0.1, -0.05) is 6.92 Å². The van der Waals surface area contributed by atoms with Crippen LogP contribution in [0, 0.1) is 11.8 Å². The van der Waals surface area contributed by atoms with Gasteiger partial charge >= 0.3 is 0 Å². The fourth-order valence-corrected chi connectivity index (χ4v) is 3.45. The van der Waals surface area contributed by atoms with Gasteiger partial charge in [0.15, 0.2) is 0 Å². The Morgan fingerprint density at radius 3 is 2.55 bits per heavy atom. The first-order valence-electron chi connectivity index (χ1n) is 7.93. The number of nitrogens with one attached hydrogen (secondary N) is 1. The number of piperazine rings is 1. The molecule has 2 aliphatic rings. The molecule has 1 saturated carbocycles. The molecule has 3 N–H and O–H groups in total. The van der Waals surface area contributed by atoms with E-state index in [9.17, 15) is 9.59 Å². The molecule has 114 valence electrons. The molecule has 2 fully saturated rings. The lowest BCUT2D eigenvalue weighted by atomic mass is 9.80. The minimum atomic E-state index is -0.267. The molecule has 1 saturated heterocycles. The van der Waals surface area contributed by atoms with Crippen molar-refractivity contribution < 1.29 is 9.59 Å². The Balaban J connectivity index is 1.86. The zero-order valence-electron chi connectivity index (χ0n) is 12.4. The molecule has 20 heavy (non-hydrogen) atoms. The van der Waals surface area contributed by atoms with Gasteiger partial charge in [-0.2, -0.15) is 0 Å². The monoisotopic (exact) mass is 281 g/mol. The van der Waals surface area contributed by atoms with Crippen LogP contribution in [0.1, 0.15) is 45.4 Å². The van der Waals surface area contributed by atoms with Crippen molar-refractivity contribution in [3.05, 3.63) is 0 Å². The van der Waals surface area contributed by atoms with Gasteiger partial charge in [-0.05, 0) is 50.5 Å². The maximum Gasteiger partial charge on any atom is 0.242 e. The molecule has 1 heterocycles. The van der Waals surface area contributed by atoms with Crippen LogP contribution in [0.4, 0.5) is 0 Å². The number of rotatable bonds is 4. The number of hydrogen-bond donors (Lipinski definition) is 2. The Kier molecular flexibility index (Phi) is 5.40. The number of carbonyl (C=O) groups excluding carboxylic acids is 2. The Bertz CT molecular complexity index is 351. The summed E-state index contributed by atoms with van der Waals surface area (Å²) in [6, 6.07) is -0.267. The summed E-state index contributed by atoms with van der Waals surface area (Å²) < 4.78 is 0. The highest BCUT2D eigenvalue weighted by Crippen LogP contribution is 2.31. The molecule has 0 bridgehead atoms. The number of carbonyl (C=O) groups is 2. The molecule has 1 atom stereocenters. The average Bonchev–Trinajstić information content (AvgIpc) is 2.47. The summed E-state index contributed by atoms with van der Waals surface area (Å²) in [4.78, 5) is 26.0. The number of amides is 2. The highest BCUT2D eigenvalue weighted by Gasteiger charge is 2.33. The van der Waals surface area contributed by atoms with Crippen LogP contribution in [0.2, 0.25) is 0 Å². The van der Waals surface area contributed by atoms with Crippen molar-refractivity contribution in [1.29, 1.82) is 0 Å². The normalized spacial score (nSPS) is 31.0. The molecule has 0 aromatic rings. The zero-order chi connectivity index (χ0) is 14.5. The zero-order valence-corrected chi connectivity index (χ0v) is 12.4. The standard InChI is InChI=1S/C15H27N3O2/c1-2-13-15(20)17-7-8-18(13)14(19)9-11-3-5-12(10-16)6-4-11/h11-13H,2-10,16H2,1H3,(H,17,20). The van der Waals surface area contributed by atoms with Crippen LogP contribution in [-0.4, -0.2) is 42.4 Å². The molecule has 5 nitrogen and oxygen atoms in total. The Labute approximate surface area is 121 Å². The first kappa shape index (κ1) is 15.3. The highest BCUT2D eigenvalue weighted by atomic mass is 16.2. The van der Waals surface area contributed by atoms with E-state index in [1.165, 1.54) is 0 Å². The summed E-state index contributed by atoms with van der Waals surface area (Å²) in [5.74, 6) is 1.28. The van der Waals surface area contributed by atoms with Gasteiger partial charge < -0.3 is 16.0 Å². The summed E-state index contributed by atoms with van der Waals surface area (Å²) in [6.45, 7) is 3.97. The van der Waals surface area contributed by atoms with Crippen LogP contribution in [0.5, 0.6) is 0 Å². The van der Waals surface area contributed by atoms with Crippen molar-refractivity contribution in [3.8, 4) is 0 Å². The molecule has 1 unspecified atom stereocenters. The maximum absolute atomic E-state index is 12.5. The molecule has 1 aliphatic heterocycles. The molecule has 0 radical (unpaired) electrons. The highest BCUT2D eigenvalue weighted by molar-refractivity contribution is 5.88. The van der Waals surface area contributed by atoms with E-state index in [2.05, 4.69) is 5.32 Å². The average molecular weight is 281 g/mol. The van der Waals surface area contributed by atoms with Gasteiger partial charge in [-0.15, -0.1) is 0 Å². The van der Waals surface area contributed by atoms with Gasteiger partial charge in [0.1, 0.15) is 6.04 Å². The van der Waals surface area contributed by atoms with E-state index in [0.29, 0.717) is 37.8 Å². The lowest BCUT2D eigenvalue weighted by Gasteiger charge is -2.36. The van der Waals surface area contributed by atoms with E-state index in [4.69, 9.17) is 5.73 Å². The number of nitrogens with zero attached hydrogens (tertiary/aromatic N) is 1. The lowest BCUT2D eigenvalue weighted by molar-refractivity contribution is -0.144. The predicted octanol–water partition coefficient (Wildman–Crippen LogP) is 0.879. The Morgan fingerprint density at radius 2 is 1.95 bits per heavy atom. The van der Waals surface area contributed by atoms with E-state index in [1.54, 1.807) is 4.90 Å². The smallest absolute Gasteiger partial charge is 0.242 e. The van der Waals surface area contributed by atoms with E-state index in [1.807, 2.05) is 6.92 Å². The third-order valence-electron chi connectivity index (χ3n) is 4.80. The van der Waals surface area contributed by atoms with Gasteiger partial charge in [0.2, 0.25) is 11.8 Å². The van der Waals surface area contributed by atoms with Crippen LogP contribution in [0.15, 0.2) is 0 Å². The molecule has 0 aromatic heterocycles. The molecule has 2 rings (SSSR count). The van der Waals surface area contributed by atoms with E-state index in [0.717, 1.165) is 32.2 Å². The third kappa shape index (κ3) is 3.51. The number of nitrogens with two attached hydrogens (primary N) is 1. The first-order valence-corrected chi connectivity index (χ1v) is 7.93. The van der Waals surface area contributed by atoms with Gasteiger partial charge in [-0.25, -0.2) is 0 Å². The van der Waals surface area contributed by atoms with Crippen LogP contribution in [0.3, 0.4) is 0 Å². The minimum absolute atomic E-state index is 0.000982. The fraction of sp³-hybridized carbons (Fsp3) is 0.867. The quantitative estimate of drug-likeness (QED) is 0.803. The van der Waals surface area contributed by atoms with Crippen LogP contribution >= 0.6 is 0 Å². The molecule has 2 amide bonds. The summed E-state index contributed by atoms with van der Waals surface area (Å²) >= 11 is 0. The van der Waals surface area contributed by atoms with Crippen LogP contribution < -0.4 is 11.1 Å². The minimum Gasteiger partial charge on any atom is -0.353 e. The van der Waals surface area contributed by atoms with E-state index in [-0.39, 0.29) is 17.9 Å². The topological polar surface area (TPSA) is 75.4 Å². The summed E-state index contributed by atoms with van der Waals surface area (Å²) in [6.07, 6.45) is 5.78. The van der Waals surface area contributed by atoms with Crippen molar-refractivity contribution in [3.63, 3.8) is 0 Å². The van der Waals surface area contributed by atoms with Crippen molar-refractivity contribution in [2.45, 2.75) is 51.5 Å². The summed E-state index contributed by atoms with van der Waals surface area (Å²) in [5, 5.41) is 2.84. The van der Waals surface area contributed by atoms with Gasteiger partial charge in [0.25, 0.3) is 0 Å². The largest absolute Gasteiger partial charge is 0.353 e. The predicted molar refractivity (Wildman–Crippen MR) is 77.9 cm³/mol. The van der Waals surface area contributed by atoms with Crippen molar-refractivity contribution in [2.24, 2.45) is 17.6 Å². The molecular formula is C15H27N3O2. The third-order valence-corrected chi connectivity index (χ3v) is 4.80. The fourth-order valence-electron chi connectivity index (χ4n) is 3.45. The second-order valence-corrected chi connectivity index (χ2v) is 6.13. The number of hydrogen-bond acceptors (Lipinski definition) is 3. The van der Waals surface area contributed by atoms with Crippen molar-refractivity contribution >= 4 is 11.8 Å². The summed E-state index contributed by atoms with van der Waals surface area (Å²) in [7, 11) is 0. The van der Waals surface area contributed by atoms with E-state index < -0.39 is 0 Å². The lowest BCUT2D eigenvalue weighted by Crippen LogP contribution is -2.57. The van der Waals surface area contributed by atoms with Gasteiger partial charge in [-0.3, -0.25) is 9.59 Å². The maximum atomic E-state index is 12.5. The van der Waals surface area contributed by atoms with E-state index >= 15 is 0 Å². The van der Waals surface area contributed by atoms with Gasteiger partial charge in [0.05, 0.1) is 0 Å². The molecule has 0 aromatic carbocycles. The second kappa shape index (κ2) is 7.07. The van der Waals surface area contributed by atoms with Crippen LogP contribution in [-0.2, 0) is 9.59 Å². The first-order chi connectivity index (χ1) is 9.65. The Hall–Kier alpha value is -1.10. The molecule has 1 aliphatic carbocycles.